The predicted molar refractivity (Wildman–Crippen MR) is 77.0 cm³/mol. The van der Waals surface area contributed by atoms with Crippen molar-refractivity contribution in [3.8, 4) is 0 Å². The van der Waals surface area contributed by atoms with Crippen molar-refractivity contribution in [3.05, 3.63) is 28.8 Å². The molecule has 1 aromatic rings. The van der Waals surface area contributed by atoms with Crippen molar-refractivity contribution >= 4 is 33.6 Å². The molecule has 0 aliphatic carbocycles. The first-order chi connectivity index (χ1) is 9.77. The van der Waals surface area contributed by atoms with Crippen LogP contribution in [0.4, 0.5) is 4.79 Å². The Morgan fingerprint density at radius 1 is 1.33 bits per heavy atom. The van der Waals surface area contributed by atoms with Gasteiger partial charge in [0, 0.05) is 11.6 Å². The standard InChI is InChI=1S/C12H15ClN2O5S/c1-2-3-6-14-12(18)15-21(19,20)10-7-8(13)4-5-9(10)11(16)17/h4-5,7H,2-3,6H2,1H3,(H,16,17)(H2,14,15,18). The van der Waals surface area contributed by atoms with Crippen LogP contribution in [0.5, 0.6) is 0 Å². The maximum absolute atomic E-state index is 12.1. The molecule has 0 saturated carbocycles. The van der Waals surface area contributed by atoms with Gasteiger partial charge in [-0.05, 0) is 24.6 Å². The quantitative estimate of drug-likeness (QED) is 0.687. The fraction of sp³-hybridized carbons (Fsp3) is 0.333. The Kier molecular flexibility index (Phi) is 5.98. The number of amides is 2. The van der Waals surface area contributed by atoms with E-state index in [1.807, 2.05) is 6.92 Å². The molecular formula is C12H15ClN2O5S. The molecule has 0 aliphatic rings. The third-order valence-electron chi connectivity index (χ3n) is 2.51. The monoisotopic (exact) mass is 334 g/mol. The summed E-state index contributed by atoms with van der Waals surface area (Å²) < 4.78 is 25.9. The van der Waals surface area contributed by atoms with Gasteiger partial charge in [0.25, 0.3) is 10.0 Å². The summed E-state index contributed by atoms with van der Waals surface area (Å²) in [6.07, 6.45) is 1.54. The van der Waals surface area contributed by atoms with E-state index in [4.69, 9.17) is 16.7 Å². The lowest BCUT2D eigenvalue weighted by molar-refractivity contribution is 0.0692. The molecule has 0 aromatic heterocycles. The number of sulfonamides is 1. The molecule has 0 spiro atoms. The molecule has 0 fully saturated rings. The molecule has 21 heavy (non-hydrogen) atoms. The maximum Gasteiger partial charge on any atom is 0.337 e. The second-order valence-corrected chi connectivity index (χ2v) is 6.25. The molecule has 0 heterocycles. The molecule has 0 aliphatic heterocycles. The van der Waals surface area contributed by atoms with Gasteiger partial charge in [-0.3, -0.25) is 0 Å². The van der Waals surface area contributed by atoms with Crippen LogP contribution in [-0.4, -0.2) is 32.1 Å². The smallest absolute Gasteiger partial charge is 0.337 e. The van der Waals surface area contributed by atoms with Crippen molar-refractivity contribution in [3.63, 3.8) is 0 Å². The highest BCUT2D eigenvalue weighted by molar-refractivity contribution is 7.90. The van der Waals surface area contributed by atoms with Gasteiger partial charge in [0.2, 0.25) is 0 Å². The molecule has 1 aromatic carbocycles. The number of urea groups is 1. The van der Waals surface area contributed by atoms with Crippen molar-refractivity contribution in [2.24, 2.45) is 0 Å². The zero-order chi connectivity index (χ0) is 16.0. The minimum Gasteiger partial charge on any atom is -0.478 e. The number of halogens is 1. The van der Waals surface area contributed by atoms with Crippen molar-refractivity contribution in [1.82, 2.24) is 10.0 Å². The first-order valence-corrected chi connectivity index (χ1v) is 7.97. The van der Waals surface area contributed by atoms with E-state index >= 15 is 0 Å². The second kappa shape index (κ2) is 7.28. The molecule has 9 heteroatoms. The van der Waals surface area contributed by atoms with E-state index < -0.39 is 32.5 Å². The molecule has 0 atom stereocenters. The van der Waals surface area contributed by atoms with Crippen molar-refractivity contribution < 1.29 is 23.1 Å². The first kappa shape index (κ1) is 17.3. The molecule has 3 N–H and O–H groups in total. The zero-order valence-electron chi connectivity index (χ0n) is 11.2. The number of hydrogen-bond donors (Lipinski definition) is 3. The van der Waals surface area contributed by atoms with Crippen LogP contribution in [0.15, 0.2) is 23.1 Å². The molecule has 0 saturated heterocycles. The number of benzene rings is 1. The van der Waals surface area contributed by atoms with Gasteiger partial charge in [-0.25, -0.2) is 22.7 Å². The highest BCUT2D eigenvalue weighted by atomic mass is 35.5. The largest absolute Gasteiger partial charge is 0.478 e. The summed E-state index contributed by atoms with van der Waals surface area (Å²) in [7, 11) is -4.32. The van der Waals surface area contributed by atoms with Gasteiger partial charge in [-0.15, -0.1) is 0 Å². The summed E-state index contributed by atoms with van der Waals surface area (Å²) in [5, 5.41) is 11.4. The molecule has 1 rings (SSSR count). The third kappa shape index (κ3) is 4.91. The van der Waals surface area contributed by atoms with E-state index in [0.29, 0.717) is 13.0 Å². The number of carbonyl (C=O) groups excluding carboxylic acids is 1. The lowest BCUT2D eigenvalue weighted by atomic mass is 10.2. The SMILES string of the molecule is CCCCNC(=O)NS(=O)(=O)c1cc(Cl)ccc1C(=O)O. The molecule has 7 nitrogen and oxygen atoms in total. The minimum atomic E-state index is -4.32. The van der Waals surface area contributed by atoms with Crippen LogP contribution in [-0.2, 0) is 10.0 Å². The molecule has 0 bridgehead atoms. The number of carboxylic acid groups (broad SMARTS) is 1. The van der Waals surface area contributed by atoms with E-state index in [2.05, 4.69) is 5.32 Å². The van der Waals surface area contributed by atoms with Crippen molar-refractivity contribution in [2.75, 3.05) is 6.54 Å². The Morgan fingerprint density at radius 2 is 2.00 bits per heavy atom. The maximum atomic E-state index is 12.1. The van der Waals surface area contributed by atoms with Crippen molar-refractivity contribution in [2.45, 2.75) is 24.7 Å². The highest BCUT2D eigenvalue weighted by Gasteiger charge is 2.24. The number of nitrogens with one attached hydrogen (secondary N) is 2. The van der Waals surface area contributed by atoms with E-state index in [1.54, 1.807) is 4.72 Å². The summed E-state index contributed by atoms with van der Waals surface area (Å²) in [6.45, 7) is 2.24. The molecular weight excluding hydrogens is 320 g/mol. The number of rotatable bonds is 6. The Labute approximate surface area is 127 Å². The van der Waals surface area contributed by atoms with Crippen LogP contribution in [0, 0.1) is 0 Å². The summed E-state index contributed by atoms with van der Waals surface area (Å²) in [5.74, 6) is -1.43. The van der Waals surface area contributed by atoms with Crippen LogP contribution in [0.1, 0.15) is 30.1 Å². The number of carbonyl (C=O) groups is 2. The highest BCUT2D eigenvalue weighted by Crippen LogP contribution is 2.20. The summed E-state index contributed by atoms with van der Waals surface area (Å²) >= 11 is 5.68. The number of hydrogen-bond acceptors (Lipinski definition) is 4. The molecule has 0 unspecified atom stereocenters. The van der Waals surface area contributed by atoms with Crippen molar-refractivity contribution in [1.29, 1.82) is 0 Å². The summed E-state index contributed by atoms with van der Waals surface area (Å²) in [4.78, 5) is 22.0. The molecule has 0 radical (unpaired) electrons. The van der Waals surface area contributed by atoms with E-state index in [9.17, 15) is 18.0 Å². The second-order valence-electron chi connectivity index (χ2n) is 4.16. The number of unbranched alkanes of at least 4 members (excludes halogenated alkanes) is 1. The van der Waals surface area contributed by atoms with Crippen LogP contribution < -0.4 is 10.0 Å². The predicted octanol–water partition coefficient (Wildman–Crippen LogP) is 1.83. The van der Waals surface area contributed by atoms with Gasteiger partial charge in [-0.2, -0.15) is 0 Å². The average Bonchev–Trinajstić information content (AvgIpc) is 2.38. The van der Waals surface area contributed by atoms with E-state index in [0.717, 1.165) is 18.6 Å². The molecule has 2 amide bonds. The van der Waals surface area contributed by atoms with Crippen LogP contribution in [0.25, 0.3) is 0 Å². The van der Waals surface area contributed by atoms with Gasteiger partial charge < -0.3 is 10.4 Å². The van der Waals surface area contributed by atoms with Gasteiger partial charge in [0.15, 0.2) is 0 Å². The van der Waals surface area contributed by atoms with Crippen LogP contribution in [0.2, 0.25) is 5.02 Å². The number of carboxylic acids is 1. The normalized spacial score (nSPS) is 11.0. The third-order valence-corrected chi connectivity index (χ3v) is 4.11. The lowest BCUT2D eigenvalue weighted by Crippen LogP contribution is -2.40. The topological polar surface area (TPSA) is 113 Å². The Morgan fingerprint density at radius 3 is 2.57 bits per heavy atom. The van der Waals surface area contributed by atoms with Crippen LogP contribution >= 0.6 is 11.6 Å². The zero-order valence-corrected chi connectivity index (χ0v) is 12.8. The van der Waals surface area contributed by atoms with Gasteiger partial charge in [-0.1, -0.05) is 24.9 Å². The van der Waals surface area contributed by atoms with E-state index in [1.165, 1.54) is 6.07 Å². The fourth-order valence-electron chi connectivity index (χ4n) is 1.49. The van der Waals surface area contributed by atoms with Gasteiger partial charge >= 0.3 is 12.0 Å². The Balaban J connectivity index is 3.00. The molecule has 116 valence electrons. The average molecular weight is 335 g/mol. The first-order valence-electron chi connectivity index (χ1n) is 6.11. The lowest BCUT2D eigenvalue weighted by Gasteiger charge is -2.10. The van der Waals surface area contributed by atoms with Gasteiger partial charge in [0.1, 0.15) is 4.90 Å². The van der Waals surface area contributed by atoms with Crippen LogP contribution in [0.3, 0.4) is 0 Å². The summed E-state index contributed by atoms with van der Waals surface area (Å²) in [6, 6.07) is 2.38. The van der Waals surface area contributed by atoms with E-state index in [-0.39, 0.29) is 5.02 Å². The Hall–Kier alpha value is -1.80. The number of aromatic carboxylic acids is 1. The fourth-order valence-corrected chi connectivity index (χ4v) is 2.88. The summed E-state index contributed by atoms with van der Waals surface area (Å²) in [5.41, 5.74) is -0.465. The minimum absolute atomic E-state index is 0.0479. The Bertz CT molecular complexity index is 645. The van der Waals surface area contributed by atoms with Gasteiger partial charge in [0.05, 0.1) is 5.56 Å².